The number of alkyl halides is 1. The highest BCUT2D eigenvalue weighted by Crippen LogP contribution is 2.31. The zero-order valence-corrected chi connectivity index (χ0v) is 16.4. The number of ether oxygens (including phenoxy) is 1. The minimum Gasteiger partial charge on any atom is -0.496 e. The number of aromatic nitrogens is 2. The quantitative estimate of drug-likeness (QED) is 0.292. The molecule has 1 heterocycles. The Balaban J connectivity index is 1.77. The molecule has 0 saturated carbocycles. The number of hydrogen-bond acceptors (Lipinski definition) is 3. The highest BCUT2D eigenvalue weighted by molar-refractivity contribution is 6.20. The van der Waals surface area contributed by atoms with E-state index >= 15 is 0 Å². The molecule has 0 N–H and O–H groups in total. The van der Waals surface area contributed by atoms with Crippen molar-refractivity contribution in [2.75, 3.05) is 13.8 Å². The SMILES string of the molecule is COc1ccc(C(=O)c2nn(CCCCCF)c3ccccc23)c2ccccc12. The lowest BCUT2D eigenvalue weighted by atomic mass is 9.98. The first-order valence-electron chi connectivity index (χ1n) is 9.86. The van der Waals surface area contributed by atoms with Crippen LogP contribution in [-0.4, -0.2) is 29.3 Å². The second-order valence-electron chi connectivity index (χ2n) is 7.03. The molecule has 29 heavy (non-hydrogen) atoms. The van der Waals surface area contributed by atoms with Crippen molar-refractivity contribution < 1.29 is 13.9 Å². The average molecular weight is 390 g/mol. The number of aryl methyl sites for hydroxylation is 1. The van der Waals surface area contributed by atoms with E-state index in [-0.39, 0.29) is 12.5 Å². The van der Waals surface area contributed by atoms with Gasteiger partial charge in [-0.3, -0.25) is 13.9 Å². The van der Waals surface area contributed by atoms with Crippen LogP contribution in [0.5, 0.6) is 5.75 Å². The van der Waals surface area contributed by atoms with Crippen molar-refractivity contribution >= 4 is 27.5 Å². The predicted molar refractivity (Wildman–Crippen MR) is 113 cm³/mol. The van der Waals surface area contributed by atoms with E-state index in [9.17, 15) is 9.18 Å². The molecule has 0 aliphatic carbocycles. The number of benzene rings is 3. The molecule has 0 fully saturated rings. The average Bonchev–Trinajstić information content (AvgIpc) is 3.14. The summed E-state index contributed by atoms with van der Waals surface area (Å²) in [5, 5.41) is 7.24. The lowest BCUT2D eigenvalue weighted by Crippen LogP contribution is -2.06. The molecule has 0 unspecified atom stereocenters. The molecular weight excluding hydrogens is 367 g/mol. The molecule has 0 spiro atoms. The summed E-state index contributed by atoms with van der Waals surface area (Å²) in [4.78, 5) is 13.5. The Morgan fingerprint density at radius 1 is 0.931 bits per heavy atom. The van der Waals surface area contributed by atoms with Crippen molar-refractivity contribution in [2.45, 2.75) is 25.8 Å². The molecule has 4 aromatic rings. The van der Waals surface area contributed by atoms with Crippen molar-refractivity contribution in [3.63, 3.8) is 0 Å². The molecule has 3 aromatic carbocycles. The van der Waals surface area contributed by atoms with Gasteiger partial charge in [0.05, 0.1) is 19.3 Å². The first-order valence-corrected chi connectivity index (χ1v) is 9.86. The van der Waals surface area contributed by atoms with Crippen LogP contribution in [0.15, 0.2) is 60.7 Å². The fourth-order valence-corrected chi connectivity index (χ4v) is 3.77. The molecular formula is C24H23FN2O2. The third-order valence-electron chi connectivity index (χ3n) is 5.23. The number of para-hydroxylation sites is 1. The Bertz CT molecular complexity index is 1170. The Morgan fingerprint density at radius 3 is 2.41 bits per heavy atom. The summed E-state index contributed by atoms with van der Waals surface area (Å²) in [5.41, 5.74) is 1.98. The third kappa shape index (κ3) is 3.60. The minimum atomic E-state index is -0.297. The van der Waals surface area contributed by atoms with Gasteiger partial charge in [0.1, 0.15) is 11.4 Å². The van der Waals surface area contributed by atoms with Crippen LogP contribution in [0.4, 0.5) is 4.39 Å². The van der Waals surface area contributed by atoms with Gasteiger partial charge < -0.3 is 4.74 Å². The summed E-state index contributed by atoms with van der Waals surface area (Å²) >= 11 is 0. The number of hydrogen-bond donors (Lipinski definition) is 0. The first kappa shape index (κ1) is 19.1. The number of carbonyl (C=O) groups is 1. The van der Waals surface area contributed by atoms with Gasteiger partial charge in [-0.1, -0.05) is 42.5 Å². The molecule has 0 bridgehead atoms. The van der Waals surface area contributed by atoms with Gasteiger partial charge in [0.25, 0.3) is 0 Å². The van der Waals surface area contributed by atoms with Gasteiger partial charge in [-0.25, -0.2) is 0 Å². The Morgan fingerprint density at radius 2 is 1.66 bits per heavy atom. The molecule has 0 aliphatic rings. The van der Waals surface area contributed by atoms with E-state index in [1.807, 2.05) is 59.3 Å². The van der Waals surface area contributed by atoms with Crippen LogP contribution in [-0.2, 0) is 6.54 Å². The van der Waals surface area contributed by atoms with Crippen LogP contribution < -0.4 is 4.74 Å². The number of halogens is 1. The van der Waals surface area contributed by atoms with E-state index in [4.69, 9.17) is 4.74 Å². The molecule has 0 radical (unpaired) electrons. The van der Waals surface area contributed by atoms with Gasteiger partial charge in [-0.15, -0.1) is 0 Å². The van der Waals surface area contributed by atoms with Crippen LogP contribution in [0.3, 0.4) is 0 Å². The van der Waals surface area contributed by atoms with E-state index in [2.05, 4.69) is 5.10 Å². The molecule has 5 heteroatoms. The van der Waals surface area contributed by atoms with E-state index < -0.39 is 0 Å². The highest BCUT2D eigenvalue weighted by Gasteiger charge is 2.21. The second kappa shape index (κ2) is 8.43. The maximum atomic E-state index is 13.5. The Hall–Kier alpha value is -3.21. The number of unbranched alkanes of at least 4 members (excludes halogenated alkanes) is 2. The number of ketones is 1. The second-order valence-corrected chi connectivity index (χ2v) is 7.03. The number of rotatable bonds is 8. The highest BCUT2D eigenvalue weighted by atomic mass is 19.1. The van der Waals surface area contributed by atoms with Gasteiger partial charge in [-0.05, 0) is 42.8 Å². The fourth-order valence-electron chi connectivity index (χ4n) is 3.77. The lowest BCUT2D eigenvalue weighted by Gasteiger charge is -2.09. The summed E-state index contributed by atoms with van der Waals surface area (Å²) in [6, 6.07) is 19.1. The van der Waals surface area contributed by atoms with E-state index in [0.29, 0.717) is 24.2 Å². The Kier molecular flexibility index (Phi) is 5.56. The van der Waals surface area contributed by atoms with Gasteiger partial charge in [0.15, 0.2) is 0 Å². The normalized spacial score (nSPS) is 11.2. The summed E-state index contributed by atoms with van der Waals surface area (Å²) in [6.45, 7) is 0.366. The number of methoxy groups -OCH3 is 1. The molecule has 0 aliphatic heterocycles. The van der Waals surface area contributed by atoms with Crippen LogP contribution in [0, 0.1) is 0 Å². The zero-order valence-electron chi connectivity index (χ0n) is 16.4. The van der Waals surface area contributed by atoms with Crippen LogP contribution in [0.2, 0.25) is 0 Å². The topological polar surface area (TPSA) is 44.1 Å². The Labute approximate surface area is 168 Å². The van der Waals surface area contributed by atoms with Crippen LogP contribution >= 0.6 is 0 Å². The summed E-state index contributed by atoms with van der Waals surface area (Å²) in [7, 11) is 1.63. The van der Waals surface area contributed by atoms with Crippen LogP contribution in [0.1, 0.15) is 35.3 Å². The molecule has 0 amide bonds. The van der Waals surface area contributed by atoms with Crippen molar-refractivity contribution in [1.82, 2.24) is 9.78 Å². The standard InChI is InChI=1S/C24H23FN2O2/c1-29-22-14-13-19(17-9-3-4-10-18(17)22)24(28)23-20-11-5-6-12-21(20)27(26-23)16-8-2-7-15-25/h3-6,9-14H,2,7-8,15-16H2,1H3. The van der Waals surface area contributed by atoms with Gasteiger partial charge >= 0.3 is 0 Å². The largest absolute Gasteiger partial charge is 0.496 e. The predicted octanol–water partition coefficient (Wildman–Crippen LogP) is 5.57. The van der Waals surface area contributed by atoms with Crippen molar-refractivity contribution in [2.24, 2.45) is 0 Å². The zero-order chi connectivity index (χ0) is 20.2. The van der Waals surface area contributed by atoms with Gasteiger partial charge in [0, 0.05) is 22.9 Å². The number of nitrogens with zero attached hydrogens (tertiary/aromatic N) is 2. The smallest absolute Gasteiger partial charge is 0.214 e. The maximum Gasteiger partial charge on any atom is 0.214 e. The van der Waals surface area contributed by atoms with E-state index in [1.165, 1.54) is 0 Å². The molecule has 0 atom stereocenters. The summed E-state index contributed by atoms with van der Waals surface area (Å²) < 4.78 is 19.7. The minimum absolute atomic E-state index is 0.109. The van der Waals surface area contributed by atoms with E-state index in [0.717, 1.165) is 40.3 Å². The number of fused-ring (bicyclic) bond motifs is 2. The number of carbonyl (C=O) groups excluding carboxylic acids is 1. The molecule has 148 valence electrons. The van der Waals surface area contributed by atoms with Crippen molar-refractivity contribution in [3.05, 3.63) is 71.9 Å². The monoisotopic (exact) mass is 390 g/mol. The van der Waals surface area contributed by atoms with Gasteiger partial charge in [0.2, 0.25) is 5.78 Å². The molecule has 4 rings (SSSR count). The maximum absolute atomic E-state index is 13.5. The van der Waals surface area contributed by atoms with Crippen molar-refractivity contribution in [3.8, 4) is 5.75 Å². The third-order valence-corrected chi connectivity index (χ3v) is 5.23. The van der Waals surface area contributed by atoms with Gasteiger partial charge in [-0.2, -0.15) is 5.10 Å². The molecule has 1 aromatic heterocycles. The fraction of sp³-hybridized carbons (Fsp3) is 0.250. The first-order chi connectivity index (χ1) is 14.2. The summed E-state index contributed by atoms with van der Waals surface area (Å²) in [5.74, 6) is 0.628. The van der Waals surface area contributed by atoms with E-state index in [1.54, 1.807) is 13.2 Å². The van der Waals surface area contributed by atoms with Crippen molar-refractivity contribution in [1.29, 1.82) is 0 Å². The molecule has 0 saturated heterocycles. The molecule has 4 nitrogen and oxygen atoms in total. The van der Waals surface area contributed by atoms with Crippen LogP contribution in [0.25, 0.3) is 21.7 Å². The summed E-state index contributed by atoms with van der Waals surface area (Å²) in [6.07, 6.45) is 2.19. The lowest BCUT2D eigenvalue weighted by molar-refractivity contribution is 0.103.